The van der Waals surface area contributed by atoms with E-state index in [1.807, 2.05) is 47.4 Å². The van der Waals surface area contributed by atoms with Gasteiger partial charge in [-0.2, -0.15) is 0 Å². The van der Waals surface area contributed by atoms with Crippen LogP contribution in [-0.4, -0.2) is 71.9 Å². The zero-order chi connectivity index (χ0) is 20.8. The quantitative estimate of drug-likeness (QED) is 0.786. The Balaban J connectivity index is 1.25. The number of nitrogens with zero attached hydrogens (tertiary/aromatic N) is 4. The van der Waals surface area contributed by atoms with Crippen molar-refractivity contribution in [1.29, 1.82) is 0 Å². The van der Waals surface area contributed by atoms with Crippen molar-refractivity contribution in [2.75, 3.05) is 44.2 Å². The van der Waals surface area contributed by atoms with Crippen molar-refractivity contribution in [2.24, 2.45) is 0 Å². The third-order valence-electron chi connectivity index (χ3n) is 5.91. The van der Waals surface area contributed by atoms with Crippen LogP contribution in [0.5, 0.6) is 0 Å². The molecule has 1 aromatic heterocycles. The summed E-state index contributed by atoms with van der Waals surface area (Å²) >= 11 is 0. The first-order valence-corrected chi connectivity index (χ1v) is 10.7. The van der Waals surface area contributed by atoms with E-state index in [4.69, 9.17) is 0 Å². The van der Waals surface area contributed by atoms with E-state index in [0.29, 0.717) is 13.1 Å². The fourth-order valence-electron chi connectivity index (χ4n) is 4.25. The summed E-state index contributed by atoms with van der Waals surface area (Å²) in [5.74, 6) is 0.228. The highest BCUT2D eigenvalue weighted by Gasteiger charge is 2.35. The summed E-state index contributed by atoms with van der Waals surface area (Å²) in [6.07, 6.45) is 5.41. The second kappa shape index (κ2) is 9.82. The molecule has 7 nitrogen and oxygen atoms in total. The van der Waals surface area contributed by atoms with Gasteiger partial charge < -0.3 is 10.2 Å². The van der Waals surface area contributed by atoms with E-state index in [1.165, 1.54) is 0 Å². The summed E-state index contributed by atoms with van der Waals surface area (Å²) < 4.78 is 0. The van der Waals surface area contributed by atoms with E-state index >= 15 is 0 Å². The molecule has 0 spiro atoms. The number of para-hydroxylation sites is 1. The molecule has 2 saturated heterocycles. The minimum Gasteiger partial charge on any atom is -0.351 e. The number of hydrogen-bond donors (Lipinski definition) is 1. The van der Waals surface area contributed by atoms with Crippen LogP contribution >= 0.6 is 0 Å². The Labute approximate surface area is 177 Å². The average Bonchev–Trinajstić information content (AvgIpc) is 2.80. The molecular weight excluding hydrogens is 378 g/mol. The fourth-order valence-corrected chi connectivity index (χ4v) is 4.25. The van der Waals surface area contributed by atoms with Crippen LogP contribution in [0.15, 0.2) is 54.9 Å². The summed E-state index contributed by atoms with van der Waals surface area (Å²) in [6.45, 7) is 4.91. The SMILES string of the molecule is O=C(CN1CCN([C@@H]2CCCN(c3ccccc3)C2=O)CC1)NCc1cccnc1. The lowest BCUT2D eigenvalue weighted by atomic mass is 10.0. The molecular formula is C23H29N5O2. The minimum atomic E-state index is -0.0551. The van der Waals surface area contributed by atoms with Crippen molar-refractivity contribution in [2.45, 2.75) is 25.4 Å². The van der Waals surface area contributed by atoms with E-state index < -0.39 is 0 Å². The summed E-state index contributed by atoms with van der Waals surface area (Å²) in [7, 11) is 0. The van der Waals surface area contributed by atoms with Crippen LogP contribution in [0.3, 0.4) is 0 Å². The van der Waals surface area contributed by atoms with Gasteiger partial charge in [-0.05, 0) is 36.6 Å². The number of carbonyl (C=O) groups is 2. The number of benzene rings is 1. The molecule has 2 amide bonds. The third kappa shape index (κ3) is 5.04. The Morgan fingerprint density at radius 2 is 1.83 bits per heavy atom. The Bertz CT molecular complexity index is 837. The molecule has 0 aliphatic carbocycles. The maximum absolute atomic E-state index is 13.1. The van der Waals surface area contributed by atoms with Gasteiger partial charge in [0.1, 0.15) is 0 Å². The monoisotopic (exact) mass is 407 g/mol. The van der Waals surface area contributed by atoms with Crippen molar-refractivity contribution in [3.8, 4) is 0 Å². The van der Waals surface area contributed by atoms with Gasteiger partial charge in [0.2, 0.25) is 11.8 Å². The van der Waals surface area contributed by atoms with Gasteiger partial charge in [0.05, 0.1) is 12.6 Å². The van der Waals surface area contributed by atoms with Gasteiger partial charge in [0.15, 0.2) is 0 Å². The molecule has 2 fully saturated rings. The molecule has 0 unspecified atom stereocenters. The maximum atomic E-state index is 13.1. The Kier molecular flexibility index (Phi) is 6.71. The summed E-state index contributed by atoms with van der Waals surface area (Å²) in [5, 5.41) is 2.96. The number of piperidine rings is 1. The number of aromatic nitrogens is 1. The van der Waals surface area contributed by atoms with Crippen LogP contribution in [0.25, 0.3) is 0 Å². The Hall–Kier alpha value is -2.77. The second-order valence-corrected chi connectivity index (χ2v) is 7.93. The average molecular weight is 408 g/mol. The molecule has 2 aromatic rings. The number of anilines is 1. The lowest BCUT2D eigenvalue weighted by Crippen LogP contribution is -2.58. The lowest BCUT2D eigenvalue weighted by Gasteiger charge is -2.42. The fraction of sp³-hybridized carbons (Fsp3) is 0.435. The molecule has 7 heteroatoms. The summed E-state index contributed by atoms with van der Waals surface area (Å²) in [6, 6.07) is 13.7. The molecule has 1 aromatic carbocycles. The van der Waals surface area contributed by atoms with E-state index in [1.54, 1.807) is 12.4 Å². The van der Waals surface area contributed by atoms with E-state index in [2.05, 4.69) is 20.1 Å². The van der Waals surface area contributed by atoms with Crippen LogP contribution < -0.4 is 10.2 Å². The van der Waals surface area contributed by atoms with Crippen LogP contribution in [0, 0.1) is 0 Å². The van der Waals surface area contributed by atoms with Crippen LogP contribution in [0.2, 0.25) is 0 Å². The van der Waals surface area contributed by atoms with Crippen LogP contribution in [0.1, 0.15) is 18.4 Å². The predicted molar refractivity (Wildman–Crippen MR) is 116 cm³/mol. The molecule has 2 aliphatic heterocycles. The van der Waals surface area contributed by atoms with Gasteiger partial charge in [-0.25, -0.2) is 0 Å². The van der Waals surface area contributed by atoms with Crippen LogP contribution in [0.4, 0.5) is 5.69 Å². The van der Waals surface area contributed by atoms with Crippen molar-refractivity contribution in [3.63, 3.8) is 0 Å². The number of piperazine rings is 1. The smallest absolute Gasteiger partial charge is 0.244 e. The van der Waals surface area contributed by atoms with Gasteiger partial charge in [0, 0.05) is 57.3 Å². The van der Waals surface area contributed by atoms with Crippen molar-refractivity contribution < 1.29 is 9.59 Å². The largest absolute Gasteiger partial charge is 0.351 e. The van der Waals surface area contributed by atoms with Crippen molar-refractivity contribution in [3.05, 3.63) is 60.4 Å². The highest BCUT2D eigenvalue weighted by atomic mass is 16.2. The number of nitrogens with one attached hydrogen (secondary N) is 1. The molecule has 1 atom stereocenters. The summed E-state index contributed by atoms with van der Waals surface area (Å²) in [4.78, 5) is 35.8. The number of pyridine rings is 1. The van der Waals surface area contributed by atoms with Gasteiger partial charge in [-0.1, -0.05) is 24.3 Å². The van der Waals surface area contributed by atoms with E-state index in [-0.39, 0.29) is 17.9 Å². The number of amides is 2. The lowest BCUT2D eigenvalue weighted by molar-refractivity contribution is -0.127. The molecule has 30 heavy (non-hydrogen) atoms. The first kappa shape index (κ1) is 20.5. The van der Waals surface area contributed by atoms with E-state index in [9.17, 15) is 9.59 Å². The first-order chi connectivity index (χ1) is 14.7. The Morgan fingerprint density at radius 3 is 2.57 bits per heavy atom. The second-order valence-electron chi connectivity index (χ2n) is 7.93. The van der Waals surface area contributed by atoms with E-state index in [0.717, 1.165) is 56.8 Å². The molecule has 3 heterocycles. The molecule has 1 N–H and O–H groups in total. The number of carbonyl (C=O) groups excluding carboxylic acids is 2. The maximum Gasteiger partial charge on any atom is 0.244 e. The molecule has 0 saturated carbocycles. The molecule has 0 bridgehead atoms. The highest BCUT2D eigenvalue weighted by molar-refractivity contribution is 5.97. The third-order valence-corrected chi connectivity index (χ3v) is 5.91. The predicted octanol–water partition coefficient (Wildman–Crippen LogP) is 1.51. The molecule has 158 valence electrons. The zero-order valence-electron chi connectivity index (χ0n) is 17.2. The first-order valence-electron chi connectivity index (χ1n) is 10.7. The topological polar surface area (TPSA) is 68.8 Å². The van der Waals surface area contributed by atoms with Gasteiger partial charge >= 0.3 is 0 Å². The van der Waals surface area contributed by atoms with Gasteiger partial charge in [-0.15, -0.1) is 0 Å². The van der Waals surface area contributed by atoms with Crippen LogP contribution in [-0.2, 0) is 16.1 Å². The zero-order valence-corrected chi connectivity index (χ0v) is 17.2. The minimum absolute atomic E-state index is 0.0244. The molecule has 2 aliphatic rings. The van der Waals surface area contributed by atoms with Crippen molar-refractivity contribution >= 4 is 17.5 Å². The van der Waals surface area contributed by atoms with Gasteiger partial charge in [0.25, 0.3) is 0 Å². The number of rotatable bonds is 6. The normalized spacial score (nSPS) is 20.9. The summed E-state index contributed by atoms with van der Waals surface area (Å²) in [5.41, 5.74) is 1.98. The van der Waals surface area contributed by atoms with Gasteiger partial charge in [-0.3, -0.25) is 24.4 Å². The standard InChI is InChI=1S/C23H29N5O2/c29-22(25-17-19-6-4-10-24-16-19)18-26-12-14-27(15-13-26)21-9-5-11-28(23(21)30)20-7-2-1-3-8-20/h1-4,6-8,10,16,21H,5,9,11-15,17-18H2,(H,25,29)/t21-/m1/s1. The molecule has 4 rings (SSSR count). The highest BCUT2D eigenvalue weighted by Crippen LogP contribution is 2.24. The number of hydrogen-bond acceptors (Lipinski definition) is 5. The molecule has 0 radical (unpaired) electrons. The van der Waals surface area contributed by atoms with Crippen molar-refractivity contribution in [1.82, 2.24) is 20.1 Å². The Morgan fingerprint density at radius 1 is 1.03 bits per heavy atom.